The van der Waals surface area contributed by atoms with Crippen molar-refractivity contribution in [3.05, 3.63) is 77.4 Å². The quantitative estimate of drug-likeness (QED) is 0.696. The molecule has 3 aromatic rings. The highest BCUT2D eigenvalue weighted by atomic mass is 32.2. The normalized spacial score (nSPS) is 10.7. The van der Waals surface area contributed by atoms with Gasteiger partial charge >= 0.3 is 0 Å². The van der Waals surface area contributed by atoms with Crippen molar-refractivity contribution in [2.45, 2.75) is 19.6 Å². The molecule has 0 unspecified atom stereocenters. The molecular weight excluding hydrogens is 349 g/mol. The summed E-state index contributed by atoms with van der Waals surface area (Å²) < 4.78 is 14.7. The molecule has 26 heavy (non-hydrogen) atoms. The molecule has 0 spiro atoms. The van der Waals surface area contributed by atoms with E-state index in [9.17, 15) is 9.18 Å². The molecule has 0 aliphatic heterocycles. The highest BCUT2D eigenvalue weighted by Crippen LogP contribution is 2.23. The number of nitrogens with one attached hydrogen (secondary N) is 1. The van der Waals surface area contributed by atoms with Gasteiger partial charge in [0.25, 0.3) is 0 Å². The lowest BCUT2D eigenvalue weighted by molar-refractivity contribution is -0.113. The van der Waals surface area contributed by atoms with Crippen LogP contribution in [0.3, 0.4) is 0 Å². The van der Waals surface area contributed by atoms with Crippen LogP contribution in [0.5, 0.6) is 0 Å². The van der Waals surface area contributed by atoms with Crippen molar-refractivity contribution < 1.29 is 9.18 Å². The van der Waals surface area contributed by atoms with Gasteiger partial charge in [-0.3, -0.25) is 4.79 Å². The Hall–Kier alpha value is -2.60. The summed E-state index contributed by atoms with van der Waals surface area (Å²) in [5, 5.41) is 7.49. The number of hydrogen-bond acceptors (Lipinski definition) is 3. The van der Waals surface area contributed by atoms with E-state index < -0.39 is 0 Å². The van der Waals surface area contributed by atoms with E-state index in [1.807, 2.05) is 48.9 Å². The van der Waals surface area contributed by atoms with Crippen molar-refractivity contribution in [2.24, 2.45) is 0 Å². The molecule has 0 radical (unpaired) electrons. The Morgan fingerprint density at radius 3 is 2.50 bits per heavy atom. The number of carbonyl (C=O) groups excluding carboxylic acids is 1. The number of carbonyl (C=O) groups is 1. The number of para-hydroxylation sites is 1. The van der Waals surface area contributed by atoms with E-state index >= 15 is 0 Å². The van der Waals surface area contributed by atoms with Crippen LogP contribution in [0.2, 0.25) is 0 Å². The van der Waals surface area contributed by atoms with E-state index in [1.165, 1.54) is 23.9 Å². The fourth-order valence-electron chi connectivity index (χ4n) is 2.66. The second kappa shape index (κ2) is 8.19. The molecule has 0 aliphatic carbocycles. The predicted octanol–water partition coefficient (Wildman–Crippen LogP) is 4.50. The molecule has 3 rings (SSSR count). The highest BCUT2D eigenvalue weighted by molar-refractivity contribution is 7.99. The van der Waals surface area contributed by atoms with Gasteiger partial charge in [0.15, 0.2) is 0 Å². The third-order valence-corrected chi connectivity index (χ3v) is 4.98. The summed E-state index contributed by atoms with van der Waals surface area (Å²) in [6, 6.07) is 16.1. The van der Waals surface area contributed by atoms with Crippen LogP contribution in [-0.2, 0) is 10.5 Å². The average molecular weight is 369 g/mol. The SMILES string of the molecule is Cc1nn(-c2ccccc2)c(C)c1NC(=O)CSCc1ccc(F)cc1. The highest BCUT2D eigenvalue weighted by Gasteiger charge is 2.15. The lowest BCUT2D eigenvalue weighted by atomic mass is 10.2. The molecule has 0 atom stereocenters. The average Bonchev–Trinajstić information content (AvgIpc) is 2.92. The Bertz CT molecular complexity index is 891. The predicted molar refractivity (Wildman–Crippen MR) is 104 cm³/mol. The van der Waals surface area contributed by atoms with Crippen LogP contribution in [0.4, 0.5) is 10.1 Å². The number of rotatable bonds is 6. The van der Waals surface area contributed by atoms with E-state index in [2.05, 4.69) is 10.4 Å². The van der Waals surface area contributed by atoms with Crippen LogP contribution in [0, 0.1) is 19.7 Å². The third kappa shape index (κ3) is 4.32. The monoisotopic (exact) mass is 369 g/mol. The van der Waals surface area contributed by atoms with Gasteiger partial charge in [0.1, 0.15) is 5.82 Å². The molecule has 0 bridgehead atoms. The second-order valence-electron chi connectivity index (χ2n) is 5.96. The molecule has 4 nitrogen and oxygen atoms in total. The smallest absolute Gasteiger partial charge is 0.234 e. The lowest BCUT2D eigenvalue weighted by Crippen LogP contribution is -2.15. The number of benzene rings is 2. The number of halogens is 1. The molecule has 0 saturated heterocycles. The van der Waals surface area contributed by atoms with Crippen LogP contribution < -0.4 is 5.32 Å². The first-order valence-electron chi connectivity index (χ1n) is 8.28. The van der Waals surface area contributed by atoms with Crippen LogP contribution in [-0.4, -0.2) is 21.4 Å². The summed E-state index contributed by atoms with van der Waals surface area (Å²) in [6.07, 6.45) is 0. The Morgan fingerprint density at radius 1 is 1.12 bits per heavy atom. The first-order valence-corrected chi connectivity index (χ1v) is 9.44. The van der Waals surface area contributed by atoms with E-state index in [-0.39, 0.29) is 11.7 Å². The van der Waals surface area contributed by atoms with Crippen molar-refractivity contribution >= 4 is 23.4 Å². The minimum absolute atomic E-state index is 0.0732. The fraction of sp³-hybridized carbons (Fsp3) is 0.200. The summed E-state index contributed by atoms with van der Waals surface area (Å²) in [6.45, 7) is 3.82. The molecule has 1 aromatic heterocycles. The van der Waals surface area contributed by atoms with Crippen LogP contribution in [0.15, 0.2) is 54.6 Å². The van der Waals surface area contributed by atoms with Gasteiger partial charge in [0, 0.05) is 5.75 Å². The summed E-state index contributed by atoms with van der Waals surface area (Å²) in [7, 11) is 0. The molecule has 0 fully saturated rings. The molecule has 0 aliphatic rings. The van der Waals surface area contributed by atoms with Crippen molar-refractivity contribution in [1.29, 1.82) is 0 Å². The minimum atomic E-state index is -0.252. The molecule has 0 saturated carbocycles. The molecule has 1 N–H and O–H groups in total. The minimum Gasteiger partial charge on any atom is -0.322 e. The second-order valence-corrected chi connectivity index (χ2v) is 6.95. The van der Waals surface area contributed by atoms with E-state index in [1.54, 1.807) is 12.1 Å². The Morgan fingerprint density at radius 2 is 1.81 bits per heavy atom. The first-order chi connectivity index (χ1) is 12.5. The largest absolute Gasteiger partial charge is 0.322 e. The van der Waals surface area contributed by atoms with Gasteiger partial charge in [-0.05, 0) is 43.7 Å². The third-order valence-electron chi connectivity index (χ3n) is 3.97. The van der Waals surface area contributed by atoms with Gasteiger partial charge in [-0.15, -0.1) is 11.8 Å². The van der Waals surface area contributed by atoms with Gasteiger partial charge in [-0.25, -0.2) is 9.07 Å². The fourth-order valence-corrected chi connectivity index (χ4v) is 3.45. The number of aromatic nitrogens is 2. The number of amides is 1. The Kier molecular flexibility index (Phi) is 5.73. The molecule has 2 aromatic carbocycles. The van der Waals surface area contributed by atoms with Gasteiger partial charge in [-0.1, -0.05) is 30.3 Å². The van der Waals surface area contributed by atoms with E-state index in [0.717, 1.165) is 28.3 Å². The van der Waals surface area contributed by atoms with Gasteiger partial charge < -0.3 is 5.32 Å². The lowest BCUT2D eigenvalue weighted by Gasteiger charge is -2.07. The van der Waals surface area contributed by atoms with Crippen LogP contribution in [0.1, 0.15) is 17.0 Å². The van der Waals surface area contributed by atoms with Crippen molar-refractivity contribution in [2.75, 3.05) is 11.1 Å². The van der Waals surface area contributed by atoms with E-state index in [4.69, 9.17) is 0 Å². The number of hydrogen-bond donors (Lipinski definition) is 1. The summed E-state index contributed by atoms with van der Waals surface area (Å²) in [5.41, 5.74) is 4.38. The van der Waals surface area contributed by atoms with Gasteiger partial charge in [0.2, 0.25) is 5.91 Å². The van der Waals surface area contributed by atoms with Crippen molar-refractivity contribution in [3.8, 4) is 5.69 Å². The van der Waals surface area contributed by atoms with Gasteiger partial charge in [-0.2, -0.15) is 5.10 Å². The zero-order valence-corrected chi connectivity index (χ0v) is 15.5. The van der Waals surface area contributed by atoms with Crippen LogP contribution >= 0.6 is 11.8 Å². The maximum Gasteiger partial charge on any atom is 0.234 e. The van der Waals surface area contributed by atoms with Gasteiger partial charge in [0.05, 0.1) is 28.5 Å². The molecule has 6 heteroatoms. The maximum absolute atomic E-state index is 12.9. The summed E-state index contributed by atoms with van der Waals surface area (Å²) >= 11 is 1.49. The zero-order valence-electron chi connectivity index (χ0n) is 14.7. The Balaban J connectivity index is 1.61. The topological polar surface area (TPSA) is 46.9 Å². The summed E-state index contributed by atoms with van der Waals surface area (Å²) in [5.74, 6) is 0.663. The number of thioether (sulfide) groups is 1. The van der Waals surface area contributed by atoms with Crippen LogP contribution in [0.25, 0.3) is 5.69 Å². The molecular formula is C20H20FN3OS. The summed E-state index contributed by atoms with van der Waals surface area (Å²) in [4.78, 5) is 12.3. The number of nitrogens with zero attached hydrogens (tertiary/aromatic N) is 2. The van der Waals surface area contributed by atoms with Crippen molar-refractivity contribution in [3.63, 3.8) is 0 Å². The number of aryl methyl sites for hydroxylation is 1. The number of anilines is 1. The zero-order chi connectivity index (χ0) is 18.5. The van der Waals surface area contributed by atoms with E-state index in [0.29, 0.717) is 11.5 Å². The molecule has 1 amide bonds. The Labute approximate surface area is 156 Å². The standard InChI is InChI=1S/C20H20FN3OS/c1-14-20(15(2)24(23-14)18-6-4-3-5-7-18)22-19(25)13-26-12-16-8-10-17(21)11-9-16/h3-11H,12-13H2,1-2H3,(H,22,25). The molecule has 1 heterocycles. The van der Waals surface area contributed by atoms with Crippen molar-refractivity contribution in [1.82, 2.24) is 9.78 Å². The molecule has 134 valence electrons. The maximum atomic E-state index is 12.9. The first kappa shape index (κ1) is 18.2.